The molecule has 24 heavy (non-hydrogen) atoms. The zero-order valence-electron chi connectivity index (χ0n) is 13.2. The minimum atomic E-state index is 0.940. The molecule has 0 bridgehead atoms. The van der Waals surface area contributed by atoms with Crippen LogP contribution in [0.2, 0.25) is 0 Å². The Kier molecular flexibility index (Phi) is 4.12. The van der Waals surface area contributed by atoms with Crippen molar-refractivity contribution >= 4 is 61.3 Å². The van der Waals surface area contributed by atoms with Gasteiger partial charge in [-0.25, -0.2) is 9.97 Å². The third kappa shape index (κ3) is 2.85. The van der Waals surface area contributed by atoms with Gasteiger partial charge in [0.1, 0.15) is 10.8 Å². The average Bonchev–Trinajstić information content (AvgIpc) is 3.26. The van der Waals surface area contributed by atoms with Crippen LogP contribution in [0, 0.1) is 6.92 Å². The van der Waals surface area contributed by atoms with E-state index in [-0.39, 0.29) is 0 Å². The predicted molar refractivity (Wildman–Crippen MR) is 107 cm³/mol. The topological polar surface area (TPSA) is 30.7 Å². The van der Waals surface area contributed by atoms with E-state index < -0.39 is 0 Å². The van der Waals surface area contributed by atoms with E-state index in [4.69, 9.17) is 9.97 Å². The summed E-state index contributed by atoms with van der Waals surface area (Å²) in [5.41, 5.74) is 4.22. The zero-order valence-corrected chi connectivity index (χ0v) is 16.4. The Morgan fingerprint density at radius 1 is 1.17 bits per heavy atom. The first-order valence-corrected chi connectivity index (χ1v) is 9.97. The predicted octanol–water partition coefficient (Wildman–Crippen LogP) is 5.75. The number of aryl methyl sites for hydroxylation is 2. The van der Waals surface area contributed by atoms with Crippen molar-refractivity contribution in [2.75, 3.05) is 0 Å². The lowest BCUT2D eigenvalue weighted by Crippen LogP contribution is -1.98. The molecule has 6 heteroatoms. The monoisotopic (exact) mass is 415 g/mol. The van der Waals surface area contributed by atoms with E-state index in [2.05, 4.69) is 56.5 Å². The molecule has 0 saturated heterocycles. The fourth-order valence-electron chi connectivity index (χ4n) is 2.63. The minimum Gasteiger partial charge on any atom is -0.327 e. The Morgan fingerprint density at radius 3 is 2.67 bits per heavy atom. The van der Waals surface area contributed by atoms with E-state index in [9.17, 15) is 0 Å². The SMILES string of the molecule is Cc1csc(/C(=C\c2cc(Br)cs2)c2nc3ccccc3n2C)n1. The van der Waals surface area contributed by atoms with E-state index in [1.165, 1.54) is 4.88 Å². The smallest absolute Gasteiger partial charge is 0.143 e. The van der Waals surface area contributed by atoms with Gasteiger partial charge in [0.15, 0.2) is 0 Å². The van der Waals surface area contributed by atoms with Crippen LogP contribution in [0.25, 0.3) is 22.7 Å². The number of benzene rings is 1. The molecular formula is C18H14BrN3S2. The average molecular weight is 416 g/mol. The van der Waals surface area contributed by atoms with Crippen LogP contribution >= 0.6 is 38.6 Å². The summed E-state index contributed by atoms with van der Waals surface area (Å²) in [5.74, 6) is 0.940. The van der Waals surface area contributed by atoms with E-state index in [1.807, 2.05) is 25.1 Å². The van der Waals surface area contributed by atoms with Gasteiger partial charge in [0.05, 0.1) is 16.6 Å². The number of thiazole rings is 1. The number of para-hydroxylation sites is 2. The summed E-state index contributed by atoms with van der Waals surface area (Å²) in [7, 11) is 2.06. The van der Waals surface area contributed by atoms with Gasteiger partial charge in [-0.3, -0.25) is 0 Å². The zero-order chi connectivity index (χ0) is 16.7. The van der Waals surface area contributed by atoms with E-state index in [0.717, 1.165) is 37.6 Å². The Labute approximate surface area is 156 Å². The lowest BCUT2D eigenvalue weighted by molar-refractivity contribution is 0.922. The van der Waals surface area contributed by atoms with Gasteiger partial charge in [-0.2, -0.15) is 0 Å². The highest BCUT2D eigenvalue weighted by atomic mass is 79.9. The van der Waals surface area contributed by atoms with E-state index in [1.54, 1.807) is 22.7 Å². The highest BCUT2D eigenvalue weighted by Crippen LogP contribution is 2.32. The molecule has 0 aliphatic carbocycles. The summed E-state index contributed by atoms with van der Waals surface area (Å²) in [6.07, 6.45) is 2.18. The lowest BCUT2D eigenvalue weighted by Gasteiger charge is -2.05. The van der Waals surface area contributed by atoms with Gasteiger partial charge in [0.2, 0.25) is 0 Å². The molecule has 120 valence electrons. The van der Waals surface area contributed by atoms with Gasteiger partial charge in [-0.1, -0.05) is 12.1 Å². The van der Waals surface area contributed by atoms with Gasteiger partial charge in [0, 0.05) is 32.9 Å². The molecule has 3 aromatic heterocycles. The molecule has 0 atom stereocenters. The van der Waals surface area contributed by atoms with Gasteiger partial charge in [-0.15, -0.1) is 22.7 Å². The van der Waals surface area contributed by atoms with E-state index >= 15 is 0 Å². The Balaban J connectivity index is 1.94. The number of nitrogens with zero attached hydrogens (tertiary/aromatic N) is 3. The Bertz CT molecular complexity index is 1060. The summed E-state index contributed by atoms with van der Waals surface area (Å²) in [6.45, 7) is 2.02. The molecule has 0 unspecified atom stereocenters. The Morgan fingerprint density at radius 2 is 2.00 bits per heavy atom. The first-order valence-electron chi connectivity index (χ1n) is 7.42. The standard InChI is InChI=1S/C18H14BrN3S2/c1-11-9-24-18(20-11)14(8-13-7-12(19)10-23-13)17-21-15-5-3-4-6-16(15)22(17)2/h3-10H,1-2H3/b14-8-. The lowest BCUT2D eigenvalue weighted by atomic mass is 10.2. The second-order valence-electron chi connectivity index (χ2n) is 5.50. The molecule has 0 aliphatic rings. The van der Waals surface area contributed by atoms with Crippen molar-refractivity contribution in [3.05, 3.63) is 67.0 Å². The molecule has 3 nitrogen and oxygen atoms in total. The Hall–Kier alpha value is -1.76. The fourth-order valence-corrected chi connectivity index (χ4v) is 4.82. The van der Waals surface area contributed by atoms with Crippen molar-refractivity contribution in [3.8, 4) is 0 Å². The number of halogens is 1. The number of fused-ring (bicyclic) bond motifs is 1. The molecule has 4 aromatic rings. The van der Waals surface area contributed by atoms with Crippen molar-refractivity contribution in [2.45, 2.75) is 6.92 Å². The maximum Gasteiger partial charge on any atom is 0.143 e. The van der Waals surface area contributed by atoms with Crippen molar-refractivity contribution in [2.24, 2.45) is 7.05 Å². The van der Waals surface area contributed by atoms with Crippen molar-refractivity contribution < 1.29 is 0 Å². The van der Waals surface area contributed by atoms with Gasteiger partial charge in [0.25, 0.3) is 0 Å². The first kappa shape index (κ1) is 15.7. The molecule has 4 rings (SSSR count). The van der Waals surface area contributed by atoms with Crippen LogP contribution < -0.4 is 0 Å². The van der Waals surface area contributed by atoms with Gasteiger partial charge >= 0.3 is 0 Å². The molecule has 0 radical (unpaired) electrons. The van der Waals surface area contributed by atoms with Crippen LogP contribution in [0.5, 0.6) is 0 Å². The van der Waals surface area contributed by atoms with Crippen LogP contribution in [-0.2, 0) is 7.05 Å². The van der Waals surface area contributed by atoms with Crippen LogP contribution in [0.15, 0.2) is 45.6 Å². The highest BCUT2D eigenvalue weighted by Gasteiger charge is 2.17. The number of aromatic nitrogens is 3. The van der Waals surface area contributed by atoms with Crippen molar-refractivity contribution in [3.63, 3.8) is 0 Å². The number of rotatable bonds is 3. The summed E-state index contributed by atoms with van der Waals surface area (Å²) in [6, 6.07) is 10.3. The maximum atomic E-state index is 4.86. The van der Waals surface area contributed by atoms with Crippen molar-refractivity contribution in [1.29, 1.82) is 0 Å². The number of hydrogen-bond acceptors (Lipinski definition) is 4. The van der Waals surface area contributed by atoms with Crippen molar-refractivity contribution in [1.82, 2.24) is 14.5 Å². The molecule has 0 amide bonds. The van der Waals surface area contributed by atoms with Crippen LogP contribution in [0.3, 0.4) is 0 Å². The first-order chi connectivity index (χ1) is 11.6. The second-order valence-corrected chi connectivity index (χ2v) is 8.22. The maximum absolute atomic E-state index is 4.86. The molecule has 0 aliphatic heterocycles. The second kappa shape index (κ2) is 6.27. The number of imidazole rings is 1. The summed E-state index contributed by atoms with van der Waals surface area (Å²) >= 11 is 6.89. The molecule has 0 fully saturated rings. The summed E-state index contributed by atoms with van der Waals surface area (Å²) in [5, 5.41) is 5.16. The number of hydrogen-bond donors (Lipinski definition) is 0. The van der Waals surface area contributed by atoms with Crippen LogP contribution in [0.4, 0.5) is 0 Å². The summed E-state index contributed by atoms with van der Waals surface area (Å²) in [4.78, 5) is 10.7. The minimum absolute atomic E-state index is 0.940. The largest absolute Gasteiger partial charge is 0.327 e. The fraction of sp³-hybridized carbons (Fsp3) is 0.111. The van der Waals surface area contributed by atoms with E-state index in [0.29, 0.717) is 0 Å². The van der Waals surface area contributed by atoms with Gasteiger partial charge in [-0.05, 0) is 47.1 Å². The molecule has 0 saturated carbocycles. The molecular weight excluding hydrogens is 402 g/mol. The molecule has 3 heterocycles. The third-order valence-electron chi connectivity index (χ3n) is 3.75. The van der Waals surface area contributed by atoms with Crippen LogP contribution in [-0.4, -0.2) is 14.5 Å². The normalized spacial score (nSPS) is 12.2. The quantitative estimate of drug-likeness (QED) is 0.426. The molecule has 0 spiro atoms. The number of thiophene rings is 1. The third-order valence-corrected chi connectivity index (χ3v) is 6.39. The highest BCUT2D eigenvalue weighted by molar-refractivity contribution is 9.10. The van der Waals surface area contributed by atoms with Crippen LogP contribution in [0.1, 0.15) is 21.4 Å². The van der Waals surface area contributed by atoms with Gasteiger partial charge < -0.3 is 4.57 Å². The molecule has 0 N–H and O–H groups in total. The molecule has 1 aromatic carbocycles. The summed E-state index contributed by atoms with van der Waals surface area (Å²) < 4.78 is 3.24.